The molecule has 0 spiro atoms. The van der Waals surface area contributed by atoms with Crippen LogP contribution in [0, 0.1) is 13.8 Å². The molecule has 0 heterocycles. The molecule has 0 fully saturated rings. The fraction of sp³-hybridized carbons (Fsp3) is 0.278. The van der Waals surface area contributed by atoms with Crippen LogP contribution in [0.3, 0.4) is 0 Å². The summed E-state index contributed by atoms with van der Waals surface area (Å²) in [5.41, 5.74) is 2.10. The van der Waals surface area contributed by atoms with Gasteiger partial charge in [-0.15, -0.1) is 0 Å². The van der Waals surface area contributed by atoms with Crippen molar-refractivity contribution in [1.82, 2.24) is 10.0 Å². The molecule has 0 aliphatic heterocycles. The van der Waals surface area contributed by atoms with E-state index in [4.69, 9.17) is 5.14 Å². The van der Waals surface area contributed by atoms with Gasteiger partial charge in [0.2, 0.25) is 26.0 Å². The third-order valence-electron chi connectivity index (χ3n) is 3.99. The maximum Gasteiger partial charge on any atom is 0.240 e. The van der Waals surface area contributed by atoms with Crippen LogP contribution in [0.1, 0.15) is 16.7 Å². The third kappa shape index (κ3) is 6.13. The third-order valence-corrected chi connectivity index (χ3v) is 6.52. The number of benzene rings is 2. The van der Waals surface area contributed by atoms with E-state index in [1.54, 1.807) is 19.1 Å². The maximum atomic E-state index is 12.4. The van der Waals surface area contributed by atoms with Gasteiger partial charge < -0.3 is 5.32 Å². The standard InChI is InChI=1S/C18H23N3O5S2/c1-13-3-4-14(2)17(11-13)28(25,26)21-10-9-20-18(22)12-15-5-7-16(8-6-15)27(19,23)24/h3-8,11,21H,9-10,12H2,1-2H3,(H,20,22)(H2,19,23,24). The topological polar surface area (TPSA) is 135 Å². The lowest BCUT2D eigenvalue weighted by Gasteiger charge is -2.11. The molecule has 152 valence electrons. The number of carbonyl (C=O) groups excluding carboxylic acids is 1. The Morgan fingerprint density at radius 1 is 0.964 bits per heavy atom. The van der Waals surface area contributed by atoms with Crippen molar-refractivity contribution in [3.05, 3.63) is 59.2 Å². The molecule has 0 aromatic heterocycles. The summed E-state index contributed by atoms with van der Waals surface area (Å²) >= 11 is 0. The number of primary sulfonamides is 1. The Balaban J connectivity index is 1.84. The Morgan fingerprint density at radius 3 is 2.21 bits per heavy atom. The van der Waals surface area contributed by atoms with E-state index in [0.29, 0.717) is 11.1 Å². The second-order valence-corrected chi connectivity index (χ2v) is 9.68. The molecule has 0 aliphatic rings. The lowest BCUT2D eigenvalue weighted by molar-refractivity contribution is -0.120. The summed E-state index contributed by atoms with van der Waals surface area (Å²) in [6.45, 7) is 3.70. The molecule has 4 N–H and O–H groups in total. The van der Waals surface area contributed by atoms with Crippen molar-refractivity contribution in [2.75, 3.05) is 13.1 Å². The fourth-order valence-corrected chi connectivity index (χ4v) is 4.38. The van der Waals surface area contributed by atoms with E-state index in [0.717, 1.165) is 5.56 Å². The highest BCUT2D eigenvalue weighted by Crippen LogP contribution is 2.16. The molecular formula is C18H23N3O5S2. The molecular weight excluding hydrogens is 402 g/mol. The molecule has 10 heteroatoms. The number of aryl methyl sites for hydroxylation is 2. The zero-order valence-electron chi connectivity index (χ0n) is 15.6. The number of sulfonamides is 2. The lowest BCUT2D eigenvalue weighted by atomic mass is 10.1. The smallest absolute Gasteiger partial charge is 0.240 e. The van der Waals surface area contributed by atoms with Crippen LogP contribution < -0.4 is 15.2 Å². The Bertz CT molecular complexity index is 1060. The molecule has 0 saturated carbocycles. The molecule has 0 aliphatic carbocycles. The number of amides is 1. The van der Waals surface area contributed by atoms with Gasteiger partial charge in [-0.2, -0.15) is 0 Å². The SMILES string of the molecule is Cc1ccc(C)c(S(=O)(=O)NCCNC(=O)Cc2ccc(S(N)(=O)=O)cc2)c1. The average Bonchev–Trinajstić information content (AvgIpc) is 2.60. The molecule has 0 atom stereocenters. The van der Waals surface area contributed by atoms with Crippen molar-refractivity contribution in [2.24, 2.45) is 5.14 Å². The molecule has 0 radical (unpaired) electrons. The zero-order chi connectivity index (χ0) is 20.9. The monoisotopic (exact) mass is 425 g/mol. The van der Waals surface area contributed by atoms with Crippen molar-refractivity contribution < 1.29 is 21.6 Å². The van der Waals surface area contributed by atoms with Crippen molar-refractivity contribution in [3.8, 4) is 0 Å². The van der Waals surface area contributed by atoms with Crippen molar-refractivity contribution in [2.45, 2.75) is 30.1 Å². The second-order valence-electron chi connectivity index (χ2n) is 6.38. The minimum atomic E-state index is -3.77. The van der Waals surface area contributed by atoms with Gasteiger partial charge in [0.05, 0.1) is 16.2 Å². The van der Waals surface area contributed by atoms with Gasteiger partial charge in [0.25, 0.3) is 0 Å². The molecule has 2 aromatic rings. The Morgan fingerprint density at radius 2 is 1.61 bits per heavy atom. The summed E-state index contributed by atoms with van der Waals surface area (Å²) in [6, 6.07) is 10.8. The summed E-state index contributed by atoms with van der Waals surface area (Å²) in [4.78, 5) is 12.1. The molecule has 0 bridgehead atoms. The van der Waals surface area contributed by atoms with Crippen LogP contribution in [-0.2, 0) is 31.3 Å². The van der Waals surface area contributed by atoms with Crippen LogP contribution in [0.4, 0.5) is 0 Å². The van der Waals surface area contributed by atoms with Gasteiger partial charge in [-0.25, -0.2) is 26.7 Å². The normalized spacial score (nSPS) is 12.0. The number of hydrogen-bond donors (Lipinski definition) is 3. The lowest BCUT2D eigenvalue weighted by Crippen LogP contribution is -2.35. The fourth-order valence-electron chi connectivity index (χ4n) is 2.51. The Hall–Kier alpha value is -2.27. The van der Waals surface area contributed by atoms with E-state index in [-0.39, 0.29) is 35.2 Å². The van der Waals surface area contributed by atoms with Gasteiger partial charge >= 0.3 is 0 Å². The van der Waals surface area contributed by atoms with Gasteiger partial charge in [0.15, 0.2) is 0 Å². The van der Waals surface area contributed by atoms with E-state index >= 15 is 0 Å². The number of carbonyl (C=O) groups is 1. The first-order valence-electron chi connectivity index (χ1n) is 8.44. The van der Waals surface area contributed by atoms with E-state index in [1.165, 1.54) is 24.3 Å². The van der Waals surface area contributed by atoms with Crippen LogP contribution in [-0.4, -0.2) is 35.8 Å². The highest BCUT2D eigenvalue weighted by atomic mass is 32.2. The molecule has 1 amide bonds. The summed E-state index contributed by atoms with van der Waals surface area (Å²) in [6.07, 6.45) is 0.0363. The number of nitrogens with two attached hydrogens (primary N) is 1. The first-order valence-corrected chi connectivity index (χ1v) is 11.5. The quantitative estimate of drug-likeness (QED) is 0.532. The van der Waals surface area contributed by atoms with Crippen LogP contribution in [0.2, 0.25) is 0 Å². The van der Waals surface area contributed by atoms with Gasteiger partial charge in [0, 0.05) is 13.1 Å². The van der Waals surface area contributed by atoms with Crippen LogP contribution in [0.25, 0.3) is 0 Å². The first kappa shape index (κ1) is 22.0. The van der Waals surface area contributed by atoms with Crippen LogP contribution in [0.15, 0.2) is 52.3 Å². The van der Waals surface area contributed by atoms with E-state index < -0.39 is 20.0 Å². The van der Waals surface area contributed by atoms with E-state index in [1.807, 2.05) is 13.0 Å². The average molecular weight is 426 g/mol. The van der Waals surface area contributed by atoms with E-state index in [2.05, 4.69) is 10.0 Å². The van der Waals surface area contributed by atoms with Gasteiger partial charge in [-0.1, -0.05) is 24.3 Å². The Labute approximate surface area is 165 Å². The highest BCUT2D eigenvalue weighted by Gasteiger charge is 2.16. The zero-order valence-corrected chi connectivity index (χ0v) is 17.2. The van der Waals surface area contributed by atoms with Gasteiger partial charge in [0.1, 0.15) is 0 Å². The number of rotatable bonds is 8. The molecule has 0 unspecified atom stereocenters. The van der Waals surface area contributed by atoms with Crippen molar-refractivity contribution in [1.29, 1.82) is 0 Å². The molecule has 8 nitrogen and oxygen atoms in total. The predicted octanol–water partition coefficient (Wildman–Crippen LogP) is 0.588. The minimum Gasteiger partial charge on any atom is -0.355 e. The summed E-state index contributed by atoms with van der Waals surface area (Å²) in [5, 5.41) is 7.64. The number of hydrogen-bond acceptors (Lipinski definition) is 5. The summed E-state index contributed by atoms with van der Waals surface area (Å²) in [7, 11) is -7.43. The van der Waals surface area contributed by atoms with Crippen LogP contribution >= 0.6 is 0 Å². The molecule has 2 rings (SSSR count). The predicted molar refractivity (Wildman–Crippen MR) is 106 cm³/mol. The largest absolute Gasteiger partial charge is 0.355 e. The van der Waals surface area contributed by atoms with Gasteiger partial charge in [-0.3, -0.25) is 4.79 Å². The van der Waals surface area contributed by atoms with Crippen molar-refractivity contribution in [3.63, 3.8) is 0 Å². The maximum absolute atomic E-state index is 12.4. The molecule has 2 aromatic carbocycles. The number of nitrogens with one attached hydrogen (secondary N) is 2. The minimum absolute atomic E-state index is 0.0301. The van der Waals surface area contributed by atoms with Crippen molar-refractivity contribution >= 4 is 26.0 Å². The van der Waals surface area contributed by atoms with E-state index in [9.17, 15) is 21.6 Å². The molecule has 28 heavy (non-hydrogen) atoms. The second kappa shape index (κ2) is 8.82. The highest BCUT2D eigenvalue weighted by molar-refractivity contribution is 7.89. The first-order chi connectivity index (χ1) is 13.0. The Kier molecular flexibility index (Phi) is 6.94. The summed E-state index contributed by atoms with van der Waals surface area (Å²) in [5.74, 6) is -0.311. The van der Waals surface area contributed by atoms with Crippen LogP contribution in [0.5, 0.6) is 0 Å². The summed E-state index contributed by atoms with van der Waals surface area (Å²) < 4.78 is 49.6. The molecule has 0 saturated heterocycles. The van der Waals surface area contributed by atoms with Gasteiger partial charge in [-0.05, 0) is 48.7 Å².